The zero-order chi connectivity index (χ0) is 26.4. The fourth-order valence-corrected chi connectivity index (χ4v) is 6.02. The number of nitrogens with two attached hydrogens (primary N) is 1. The molecule has 2 N–H and O–H groups in total. The Kier molecular flexibility index (Phi) is 7.87. The molecule has 2 aliphatic heterocycles. The minimum atomic E-state index is -0.0653. The summed E-state index contributed by atoms with van der Waals surface area (Å²) in [7, 11) is 4.34. The van der Waals surface area contributed by atoms with Crippen LogP contribution in [0.5, 0.6) is 0 Å². The number of nitrogens with zero attached hydrogens (tertiary/aromatic N) is 2. The molecule has 0 saturated carbocycles. The molecule has 0 aromatic heterocycles. The number of anilines is 1. The van der Waals surface area contributed by atoms with Gasteiger partial charge in [0.05, 0.1) is 5.41 Å². The van der Waals surface area contributed by atoms with Gasteiger partial charge in [0.15, 0.2) is 5.71 Å². The minimum Gasteiger partial charge on any atom is -1.00 e. The Morgan fingerprint density at radius 3 is 2.13 bits per heavy atom. The van der Waals surface area contributed by atoms with Crippen molar-refractivity contribution in [3.63, 3.8) is 0 Å². The largest absolute Gasteiger partial charge is 1.00 e. The van der Waals surface area contributed by atoms with Crippen LogP contribution in [0.1, 0.15) is 49.9 Å². The second-order valence-electron chi connectivity index (χ2n) is 11.2. The molecule has 0 radical (unpaired) electrons. The zero-order valence-corrected chi connectivity index (χ0v) is 25.5. The lowest BCUT2D eigenvalue weighted by Gasteiger charge is -2.24. The van der Waals surface area contributed by atoms with Crippen LogP contribution < -0.4 is 34.6 Å². The SMILES string of the molecule is CN1C(=CC=C(C=CC2=[N+](C)c3ccccc3C2(C)C)c2ccc(CN)cc2)C(C)(C)c2ccccc21.[I-]. The van der Waals surface area contributed by atoms with Crippen molar-refractivity contribution in [1.29, 1.82) is 0 Å². The van der Waals surface area contributed by atoms with Crippen molar-refractivity contribution < 1.29 is 28.6 Å². The summed E-state index contributed by atoms with van der Waals surface area (Å²) >= 11 is 0. The van der Waals surface area contributed by atoms with Crippen LogP contribution in [0.4, 0.5) is 11.4 Å². The van der Waals surface area contributed by atoms with Crippen molar-refractivity contribution in [1.82, 2.24) is 0 Å². The summed E-state index contributed by atoms with van der Waals surface area (Å²) in [6.45, 7) is 9.78. The van der Waals surface area contributed by atoms with Gasteiger partial charge >= 0.3 is 0 Å². The predicted molar refractivity (Wildman–Crippen MR) is 158 cm³/mol. The van der Waals surface area contributed by atoms with Gasteiger partial charge in [-0.15, -0.1) is 0 Å². The number of halogens is 1. The lowest BCUT2D eigenvalue weighted by Crippen LogP contribution is -3.00. The molecule has 38 heavy (non-hydrogen) atoms. The molecule has 5 rings (SSSR count). The smallest absolute Gasteiger partial charge is 0.209 e. The predicted octanol–water partition coefficient (Wildman–Crippen LogP) is 4.11. The number of para-hydroxylation sites is 2. The van der Waals surface area contributed by atoms with Gasteiger partial charge in [-0.2, -0.15) is 4.58 Å². The summed E-state index contributed by atoms with van der Waals surface area (Å²) in [5.41, 5.74) is 17.1. The Labute approximate surface area is 245 Å². The van der Waals surface area contributed by atoms with Crippen molar-refractivity contribution in [2.75, 3.05) is 19.0 Å². The minimum absolute atomic E-state index is 0. The first kappa shape index (κ1) is 28.1. The Morgan fingerprint density at radius 2 is 1.50 bits per heavy atom. The number of hydrogen-bond acceptors (Lipinski definition) is 2. The monoisotopic (exact) mass is 615 g/mol. The number of rotatable bonds is 5. The molecule has 0 spiro atoms. The lowest BCUT2D eigenvalue weighted by atomic mass is 9.81. The van der Waals surface area contributed by atoms with Gasteiger partial charge < -0.3 is 34.6 Å². The maximum atomic E-state index is 5.88. The van der Waals surface area contributed by atoms with Gasteiger partial charge in [0, 0.05) is 48.1 Å². The van der Waals surface area contributed by atoms with Gasteiger partial charge in [0.2, 0.25) is 5.69 Å². The van der Waals surface area contributed by atoms with Gasteiger partial charge in [-0.25, -0.2) is 0 Å². The molecule has 0 aliphatic carbocycles. The van der Waals surface area contributed by atoms with Gasteiger partial charge in [-0.3, -0.25) is 0 Å². The number of benzene rings is 3. The van der Waals surface area contributed by atoms with Crippen LogP contribution in [-0.2, 0) is 17.4 Å². The van der Waals surface area contributed by atoms with Crippen molar-refractivity contribution in [3.8, 4) is 0 Å². The molecule has 4 heteroatoms. The molecule has 3 nitrogen and oxygen atoms in total. The number of fused-ring (bicyclic) bond motifs is 2. The highest BCUT2D eigenvalue weighted by Crippen LogP contribution is 2.46. The first-order chi connectivity index (χ1) is 17.7. The summed E-state index contributed by atoms with van der Waals surface area (Å²) < 4.78 is 2.32. The molecule has 0 fully saturated rings. The van der Waals surface area contributed by atoms with E-state index in [2.05, 4.69) is 148 Å². The second-order valence-corrected chi connectivity index (χ2v) is 11.2. The molecule has 2 aliphatic rings. The molecule has 0 unspecified atom stereocenters. The third kappa shape index (κ3) is 4.69. The summed E-state index contributed by atoms with van der Waals surface area (Å²) in [5.74, 6) is 0. The van der Waals surface area contributed by atoms with E-state index in [9.17, 15) is 0 Å². The molecule has 0 saturated heterocycles. The third-order valence-electron chi connectivity index (χ3n) is 8.25. The number of hydrogen-bond donors (Lipinski definition) is 1. The van der Waals surface area contributed by atoms with E-state index < -0.39 is 0 Å². The van der Waals surface area contributed by atoms with Crippen LogP contribution >= 0.6 is 0 Å². The Bertz CT molecular complexity index is 1470. The van der Waals surface area contributed by atoms with E-state index in [1.165, 1.54) is 45.0 Å². The zero-order valence-electron chi connectivity index (χ0n) is 23.3. The topological polar surface area (TPSA) is 32.3 Å². The molecule has 3 aromatic carbocycles. The summed E-state index contributed by atoms with van der Waals surface area (Å²) in [6, 6.07) is 26.0. The van der Waals surface area contributed by atoms with E-state index in [-0.39, 0.29) is 34.8 Å². The maximum Gasteiger partial charge on any atom is 0.209 e. The van der Waals surface area contributed by atoms with Crippen molar-refractivity contribution in [2.24, 2.45) is 5.73 Å². The van der Waals surface area contributed by atoms with Crippen molar-refractivity contribution in [2.45, 2.75) is 45.1 Å². The van der Waals surface area contributed by atoms with Crippen LogP contribution in [0.25, 0.3) is 5.57 Å². The van der Waals surface area contributed by atoms with Crippen molar-refractivity contribution in [3.05, 3.63) is 125 Å². The van der Waals surface area contributed by atoms with Crippen LogP contribution in [0.3, 0.4) is 0 Å². The highest BCUT2D eigenvalue weighted by Gasteiger charge is 2.42. The highest BCUT2D eigenvalue weighted by molar-refractivity contribution is 6.04. The maximum absolute atomic E-state index is 5.88. The van der Waals surface area contributed by atoms with Gasteiger partial charge in [0.1, 0.15) is 7.05 Å². The Balaban J connectivity index is 0.00000336. The van der Waals surface area contributed by atoms with E-state index in [4.69, 9.17) is 5.73 Å². The van der Waals surface area contributed by atoms with E-state index in [1.807, 2.05) is 0 Å². The first-order valence-electron chi connectivity index (χ1n) is 13.1. The second kappa shape index (κ2) is 10.7. The molecule has 0 amide bonds. The van der Waals surface area contributed by atoms with Gasteiger partial charge in [-0.05, 0) is 54.3 Å². The molecule has 3 aromatic rings. The van der Waals surface area contributed by atoms with E-state index in [1.54, 1.807) is 0 Å². The summed E-state index contributed by atoms with van der Waals surface area (Å²) in [4.78, 5) is 2.32. The fourth-order valence-electron chi connectivity index (χ4n) is 6.02. The number of likely N-dealkylation sites (N-methyl/N-ethyl adjacent to an activating group) is 1. The lowest BCUT2D eigenvalue weighted by molar-refractivity contribution is -0.401. The van der Waals surface area contributed by atoms with Gasteiger partial charge in [0.25, 0.3) is 0 Å². The van der Waals surface area contributed by atoms with Gasteiger partial charge in [-0.1, -0.05) is 80.6 Å². The Hall–Kier alpha value is -2.96. The Morgan fingerprint density at radius 1 is 0.868 bits per heavy atom. The fraction of sp³-hybridized carbons (Fsp3) is 0.265. The molecule has 0 bridgehead atoms. The summed E-state index contributed by atoms with van der Waals surface area (Å²) in [5, 5.41) is 0. The molecular weight excluding hydrogens is 577 g/mol. The van der Waals surface area contributed by atoms with Crippen LogP contribution in [0.2, 0.25) is 0 Å². The van der Waals surface area contributed by atoms with Crippen LogP contribution in [-0.4, -0.2) is 24.4 Å². The first-order valence-corrected chi connectivity index (χ1v) is 13.1. The average molecular weight is 616 g/mol. The van der Waals surface area contributed by atoms with Crippen LogP contribution in [0, 0.1) is 0 Å². The molecule has 196 valence electrons. The molecular formula is C34H38IN3. The average Bonchev–Trinajstić information content (AvgIpc) is 3.22. The van der Waals surface area contributed by atoms with E-state index in [0.717, 1.165) is 5.56 Å². The standard InChI is InChI=1S/C34H38N3.HI/c1-33(2)27-11-7-9-13-29(27)36(5)31(33)21-19-26(25-17-15-24(23-35)16-18-25)20-22-32-34(3,4)28-12-8-10-14-30(28)37(32)6;/h7-22H,23,35H2,1-6H3;1H/q+1;/p-1. The van der Waals surface area contributed by atoms with Crippen LogP contribution in [0.15, 0.2) is 103 Å². The number of allylic oxidation sites excluding steroid dienone is 6. The quantitative estimate of drug-likeness (QED) is 0.267. The van der Waals surface area contributed by atoms with E-state index in [0.29, 0.717) is 6.54 Å². The normalized spacial score (nSPS) is 18.7. The van der Waals surface area contributed by atoms with Crippen molar-refractivity contribution >= 4 is 22.7 Å². The third-order valence-corrected chi connectivity index (χ3v) is 8.25. The van der Waals surface area contributed by atoms with E-state index >= 15 is 0 Å². The summed E-state index contributed by atoms with van der Waals surface area (Å²) in [6.07, 6.45) is 9.12. The highest BCUT2D eigenvalue weighted by atomic mass is 127. The molecule has 2 heterocycles. The molecule has 0 atom stereocenters.